The van der Waals surface area contributed by atoms with E-state index in [2.05, 4.69) is 6.58 Å². The molecular weight excluding hydrogens is 336 g/mol. The first kappa shape index (κ1) is 25.9. The maximum absolute atomic E-state index is 11.2. The molecular formula is C24H44O3. The van der Waals surface area contributed by atoms with E-state index < -0.39 is 5.97 Å². The number of carbonyl (C=O) groups is 2. The van der Waals surface area contributed by atoms with Gasteiger partial charge in [0.1, 0.15) is 6.29 Å². The van der Waals surface area contributed by atoms with Crippen molar-refractivity contribution in [2.45, 2.75) is 122 Å². The van der Waals surface area contributed by atoms with Crippen LogP contribution in [-0.2, 0) is 9.59 Å². The lowest BCUT2D eigenvalue weighted by atomic mass is 9.95. The summed E-state index contributed by atoms with van der Waals surface area (Å²) in [5.41, 5.74) is 0. The van der Waals surface area contributed by atoms with Crippen LogP contribution in [0.25, 0.3) is 0 Å². The van der Waals surface area contributed by atoms with Gasteiger partial charge in [-0.2, -0.15) is 0 Å². The van der Waals surface area contributed by atoms with Crippen molar-refractivity contribution in [2.24, 2.45) is 5.92 Å². The van der Waals surface area contributed by atoms with Gasteiger partial charge in [0.05, 0.1) is 0 Å². The van der Waals surface area contributed by atoms with Gasteiger partial charge in [-0.25, -0.2) is 0 Å². The Morgan fingerprint density at radius 1 is 0.704 bits per heavy atom. The van der Waals surface area contributed by atoms with Crippen LogP contribution in [-0.4, -0.2) is 17.4 Å². The van der Waals surface area contributed by atoms with Gasteiger partial charge in [0.25, 0.3) is 0 Å². The van der Waals surface area contributed by atoms with E-state index in [-0.39, 0.29) is 5.92 Å². The molecule has 1 atom stereocenters. The summed E-state index contributed by atoms with van der Waals surface area (Å²) >= 11 is 0. The third kappa shape index (κ3) is 21.0. The topological polar surface area (TPSA) is 54.4 Å². The van der Waals surface area contributed by atoms with Crippen molar-refractivity contribution in [3.63, 3.8) is 0 Å². The smallest absolute Gasteiger partial charge is 0.303 e. The first-order valence-corrected chi connectivity index (χ1v) is 11.5. The molecule has 0 aromatic rings. The molecule has 0 spiro atoms. The summed E-state index contributed by atoms with van der Waals surface area (Å²) in [6.07, 6.45) is 24.9. The van der Waals surface area contributed by atoms with Gasteiger partial charge in [0.2, 0.25) is 0 Å². The van der Waals surface area contributed by atoms with Gasteiger partial charge in [-0.15, -0.1) is 6.58 Å². The molecule has 0 aromatic heterocycles. The quantitative estimate of drug-likeness (QED) is 0.120. The van der Waals surface area contributed by atoms with E-state index in [1.165, 1.54) is 83.3 Å². The summed E-state index contributed by atoms with van der Waals surface area (Å²) < 4.78 is 0. The third-order valence-corrected chi connectivity index (χ3v) is 5.39. The molecule has 0 fully saturated rings. The standard InChI is InChI=1S/C24H44O3/c1-2-3-4-5-6-7-10-13-16-19-23(22-25)20-17-14-11-8-9-12-15-18-21-24(26)27/h2,22-23H,1,3-21H2,(H,26,27). The van der Waals surface area contributed by atoms with Crippen molar-refractivity contribution >= 4 is 12.3 Å². The monoisotopic (exact) mass is 380 g/mol. The number of hydrogen-bond donors (Lipinski definition) is 1. The molecule has 3 heteroatoms. The van der Waals surface area contributed by atoms with Gasteiger partial charge in [-0.1, -0.05) is 89.5 Å². The van der Waals surface area contributed by atoms with Gasteiger partial charge in [-0.05, 0) is 32.1 Å². The van der Waals surface area contributed by atoms with Crippen LogP contribution in [0.15, 0.2) is 12.7 Å². The molecule has 158 valence electrons. The van der Waals surface area contributed by atoms with Crippen molar-refractivity contribution in [3.05, 3.63) is 12.7 Å². The van der Waals surface area contributed by atoms with Crippen LogP contribution < -0.4 is 0 Å². The van der Waals surface area contributed by atoms with E-state index >= 15 is 0 Å². The van der Waals surface area contributed by atoms with Crippen LogP contribution in [0.2, 0.25) is 0 Å². The summed E-state index contributed by atoms with van der Waals surface area (Å²) in [6, 6.07) is 0. The fraction of sp³-hybridized carbons (Fsp3) is 0.833. The summed E-state index contributed by atoms with van der Waals surface area (Å²) in [5, 5.41) is 8.58. The van der Waals surface area contributed by atoms with Crippen molar-refractivity contribution in [2.75, 3.05) is 0 Å². The highest BCUT2D eigenvalue weighted by Crippen LogP contribution is 2.18. The largest absolute Gasteiger partial charge is 0.481 e. The molecule has 0 radical (unpaired) electrons. The summed E-state index contributed by atoms with van der Waals surface area (Å²) in [4.78, 5) is 21.7. The average Bonchev–Trinajstić information content (AvgIpc) is 2.66. The molecule has 1 N–H and O–H groups in total. The zero-order valence-corrected chi connectivity index (χ0v) is 17.6. The predicted octanol–water partition coefficient (Wildman–Crippen LogP) is 7.48. The number of carboxylic acid groups (broad SMARTS) is 1. The number of unbranched alkanes of at least 4 members (excludes halogenated alkanes) is 14. The van der Waals surface area contributed by atoms with E-state index in [9.17, 15) is 9.59 Å². The molecule has 0 heterocycles. The predicted molar refractivity (Wildman–Crippen MR) is 115 cm³/mol. The van der Waals surface area contributed by atoms with Crippen LogP contribution in [0, 0.1) is 5.92 Å². The molecule has 0 aliphatic rings. The Morgan fingerprint density at radius 3 is 1.52 bits per heavy atom. The minimum absolute atomic E-state index is 0.272. The van der Waals surface area contributed by atoms with Gasteiger partial charge in [-0.3, -0.25) is 4.79 Å². The van der Waals surface area contributed by atoms with Crippen LogP contribution in [0.3, 0.4) is 0 Å². The van der Waals surface area contributed by atoms with E-state index in [4.69, 9.17) is 5.11 Å². The minimum atomic E-state index is -0.681. The number of carbonyl (C=O) groups excluding carboxylic acids is 1. The van der Waals surface area contributed by atoms with Crippen molar-refractivity contribution in [1.29, 1.82) is 0 Å². The fourth-order valence-corrected chi connectivity index (χ4v) is 3.60. The number of carboxylic acids is 1. The van der Waals surface area contributed by atoms with E-state index in [0.29, 0.717) is 6.42 Å². The van der Waals surface area contributed by atoms with Gasteiger partial charge < -0.3 is 9.90 Å². The fourth-order valence-electron chi connectivity index (χ4n) is 3.60. The average molecular weight is 381 g/mol. The van der Waals surface area contributed by atoms with Crippen molar-refractivity contribution in [3.8, 4) is 0 Å². The van der Waals surface area contributed by atoms with Crippen molar-refractivity contribution in [1.82, 2.24) is 0 Å². The summed E-state index contributed by atoms with van der Waals surface area (Å²) in [5.74, 6) is -0.410. The van der Waals surface area contributed by atoms with Crippen LogP contribution in [0.5, 0.6) is 0 Å². The van der Waals surface area contributed by atoms with E-state index in [0.717, 1.165) is 38.5 Å². The molecule has 0 bridgehead atoms. The second-order valence-electron chi connectivity index (χ2n) is 8.00. The number of hydrogen-bond acceptors (Lipinski definition) is 2. The lowest BCUT2D eigenvalue weighted by Crippen LogP contribution is -2.02. The molecule has 0 rings (SSSR count). The number of rotatable bonds is 22. The molecule has 0 aliphatic heterocycles. The van der Waals surface area contributed by atoms with Crippen LogP contribution >= 0.6 is 0 Å². The Labute approximate surface area is 168 Å². The van der Waals surface area contributed by atoms with Crippen LogP contribution in [0.4, 0.5) is 0 Å². The number of aldehydes is 1. The molecule has 3 nitrogen and oxygen atoms in total. The van der Waals surface area contributed by atoms with E-state index in [1.54, 1.807) is 0 Å². The maximum Gasteiger partial charge on any atom is 0.303 e. The molecule has 0 saturated heterocycles. The van der Waals surface area contributed by atoms with E-state index in [1.807, 2.05) is 6.08 Å². The molecule has 0 aromatic carbocycles. The SMILES string of the molecule is C=CCCCCCCCCCC(C=O)CCCCCCCCCCC(=O)O. The first-order chi connectivity index (χ1) is 13.2. The highest BCUT2D eigenvalue weighted by atomic mass is 16.4. The second kappa shape index (κ2) is 21.2. The lowest BCUT2D eigenvalue weighted by molar-refractivity contribution is -0.137. The minimum Gasteiger partial charge on any atom is -0.481 e. The molecule has 0 amide bonds. The maximum atomic E-state index is 11.2. The highest BCUT2D eigenvalue weighted by molar-refractivity contribution is 5.66. The van der Waals surface area contributed by atoms with Gasteiger partial charge in [0, 0.05) is 12.3 Å². The number of aliphatic carboxylic acids is 1. The zero-order valence-electron chi connectivity index (χ0n) is 17.6. The Balaban J connectivity index is 3.33. The second-order valence-corrected chi connectivity index (χ2v) is 8.00. The molecule has 27 heavy (non-hydrogen) atoms. The van der Waals surface area contributed by atoms with Gasteiger partial charge in [0.15, 0.2) is 0 Å². The Morgan fingerprint density at radius 2 is 1.11 bits per heavy atom. The number of allylic oxidation sites excluding steroid dienone is 1. The van der Waals surface area contributed by atoms with Gasteiger partial charge >= 0.3 is 5.97 Å². The Bertz CT molecular complexity index is 352. The van der Waals surface area contributed by atoms with Crippen molar-refractivity contribution < 1.29 is 14.7 Å². The first-order valence-electron chi connectivity index (χ1n) is 11.5. The Hall–Kier alpha value is -1.12. The summed E-state index contributed by atoms with van der Waals surface area (Å²) in [7, 11) is 0. The Kier molecular flexibility index (Phi) is 20.3. The lowest BCUT2D eigenvalue weighted by Gasteiger charge is -2.10. The third-order valence-electron chi connectivity index (χ3n) is 5.39. The zero-order chi connectivity index (χ0) is 20.0. The highest BCUT2D eigenvalue weighted by Gasteiger charge is 2.06. The van der Waals surface area contributed by atoms with Crippen LogP contribution in [0.1, 0.15) is 122 Å². The normalized spacial score (nSPS) is 12.0. The summed E-state index contributed by atoms with van der Waals surface area (Å²) in [6.45, 7) is 3.75. The molecule has 0 saturated carbocycles. The molecule has 1 unspecified atom stereocenters. The molecule has 0 aliphatic carbocycles.